The van der Waals surface area contributed by atoms with E-state index in [1.165, 1.54) is 42.1 Å². The van der Waals surface area contributed by atoms with Crippen LogP contribution in [0.15, 0.2) is 72.0 Å². The molecule has 1 aliphatic rings. The molecular formula is C27H31N5O6S. The van der Waals surface area contributed by atoms with Crippen molar-refractivity contribution in [3.8, 4) is 5.75 Å². The molecule has 39 heavy (non-hydrogen) atoms. The number of aromatic nitrogens is 2. The second-order valence-electron chi connectivity index (χ2n) is 9.45. The van der Waals surface area contributed by atoms with E-state index in [4.69, 9.17) is 4.74 Å². The van der Waals surface area contributed by atoms with Gasteiger partial charge < -0.3 is 20.1 Å². The van der Waals surface area contributed by atoms with Gasteiger partial charge in [0.25, 0.3) is 11.8 Å². The molecule has 0 spiro atoms. The van der Waals surface area contributed by atoms with Gasteiger partial charge in [0.15, 0.2) is 5.75 Å². The molecule has 0 aliphatic carbocycles. The number of sulfonamides is 1. The zero-order valence-corrected chi connectivity index (χ0v) is 22.7. The molecule has 11 nitrogen and oxygen atoms in total. The first-order valence-corrected chi connectivity index (χ1v) is 13.9. The van der Waals surface area contributed by atoms with Crippen molar-refractivity contribution in [2.75, 3.05) is 32.1 Å². The Kier molecular flexibility index (Phi) is 8.58. The number of para-hydroxylation sites is 1. The quantitative estimate of drug-likeness (QED) is 0.433. The van der Waals surface area contributed by atoms with E-state index in [2.05, 4.69) is 15.3 Å². The zero-order valence-electron chi connectivity index (χ0n) is 21.9. The van der Waals surface area contributed by atoms with Crippen molar-refractivity contribution >= 4 is 27.5 Å². The number of hydrogen-bond donors (Lipinski definition) is 2. The molecule has 0 bridgehead atoms. The number of likely N-dealkylation sites (N-methyl/N-ethyl adjacent to an activating group) is 1. The van der Waals surface area contributed by atoms with Crippen LogP contribution >= 0.6 is 0 Å². The first kappa shape index (κ1) is 28.1. The van der Waals surface area contributed by atoms with Crippen LogP contribution in [-0.4, -0.2) is 83.4 Å². The average Bonchev–Trinajstić information content (AvgIpc) is 2.95. The van der Waals surface area contributed by atoms with Crippen molar-refractivity contribution in [3.05, 3.63) is 78.4 Å². The predicted octanol–water partition coefficient (Wildman–Crippen LogP) is 2.27. The van der Waals surface area contributed by atoms with E-state index >= 15 is 0 Å². The van der Waals surface area contributed by atoms with Crippen molar-refractivity contribution in [2.45, 2.75) is 30.9 Å². The van der Waals surface area contributed by atoms with Crippen LogP contribution in [0.1, 0.15) is 34.7 Å². The molecule has 2 aromatic carbocycles. The molecule has 12 heteroatoms. The van der Waals surface area contributed by atoms with Gasteiger partial charge in [-0.25, -0.2) is 13.4 Å². The van der Waals surface area contributed by atoms with E-state index in [0.717, 1.165) is 0 Å². The molecule has 0 unspecified atom stereocenters. The van der Waals surface area contributed by atoms with Gasteiger partial charge in [0.1, 0.15) is 11.8 Å². The Hall–Kier alpha value is -3.87. The molecule has 4 rings (SSSR count). The Balaban J connectivity index is 1.73. The van der Waals surface area contributed by atoms with Gasteiger partial charge in [-0.3, -0.25) is 14.6 Å². The first-order valence-electron chi connectivity index (χ1n) is 12.4. The maximum Gasteiger partial charge on any atom is 0.275 e. The molecule has 2 amide bonds. The van der Waals surface area contributed by atoms with Crippen molar-refractivity contribution in [3.63, 3.8) is 0 Å². The second-order valence-corrected chi connectivity index (χ2v) is 11.5. The maximum absolute atomic E-state index is 13.6. The molecule has 206 valence electrons. The molecule has 2 N–H and O–H groups in total. The van der Waals surface area contributed by atoms with Crippen molar-refractivity contribution < 1.29 is 27.9 Å². The molecule has 0 fully saturated rings. The number of carbonyl (C=O) groups excluding carboxylic acids is 2. The summed E-state index contributed by atoms with van der Waals surface area (Å²) in [5.74, 6) is -1.16. The highest BCUT2D eigenvalue weighted by molar-refractivity contribution is 7.89. The molecule has 1 aromatic heterocycles. The van der Waals surface area contributed by atoms with Gasteiger partial charge >= 0.3 is 0 Å². The molecule has 0 saturated heterocycles. The van der Waals surface area contributed by atoms with Crippen molar-refractivity contribution in [2.24, 2.45) is 5.92 Å². The number of benzene rings is 2. The monoisotopic (exact) mass is 553 g/mol. The first-order chi connectivity index (χ1) is 18.6. The lowest BCUT2D eigenvalue weighted by molar-refractivity contribution is 0.0388. The molecule has 0 radical (unpaired) electrons. The summed E-state index contributed by atoms with van der Waals surface area (Å²) in [6.07, 6.45) is 3.44. The second kappa shape index (κ2) is 11.9. The van der Waals surface area contributed by atoms with Crippen molar-refractivity contribution in [1.82, 2.24) is 19.2 Å². The number of aliphatic hydroxyl groups is 1. The fourth-order valence-corrected chi connectivity index (χ4v) is 5.49. The largest absolute Gasteiger partial charge is 0.486 e. The van der Waals surface area contributed by atoms with Crippen LogP contribution in [0.25, 0.3) is 0 Å². The maximum atomic E-state index is 13.6. The molecule has 0 saturated carbocycles. The molecule has 3 atom stereocenters. The van der Waals surface area contributed by atoms with Crippen LogP contribution < -0.4 is 10.1 Å². The number of aliphatic hydroxyl groups excluding tert-OH is 1. The fourth-order valence-electron chi connectivity index (χ4n) is 4.29. The van der Waals surface area contributed by atoms with E-state index in [0.29, 0.717) is 0 Å². The number of hydrogen-bond acceptors (Lipinski definition) is 8. The van der Waals surface area contributed by atoms with Gasteiger partial charge in [-0.15, -0.1) is 0 Å². The Morgan fingerprint density at radius 2 is 1.95 bits per heavy atom. The van der Waals surface area contributed by atoms with Gasteiger partial charge in [-0.1, -0.05) is 31.2 Å². The smallest absolute Gasteiger partial charge is 0.275 e. The number of amides is 2. The van der Waals surface area contributed by atoms with Gasteiger partial charge in [0.05, 0.1) is 41.5 Å². The van der Waals surface area contributed by atoms with Gasteiger partial charge in [0, 0.05) is 31.9 Å². The van der Waals surface area contributed by atoms with Crippen LogP contribution in [0.5, 0.6) is 5.75 Å². The Morgan fingerprint density at radius 3 is 2.62 bits per heavy atom. The zero-order chi connectivity index (χ0) is 28.2. The van der Waals surface area contributed by atoms with E-state index in [1.54, 1.807) is 48.2 Å². The third-order valence-corrected chi connectivity index (χ3v) is 8.46. The van der Waals surface area contributed by atoms with E-state index in [-0.39, 0.29) is 59.1 Å². The van der Waals surface area contributed by atoms with Crippen LogP contribution in [0.4, 0.5) is 5.69 Å². The minimum atomic E-state index is -3.82. The number of rotatable bonds is 8. The topological polar surface area (TPSA) is 142 Å². The minimum absolute atomic E-state index is 0.0280. The lowest BCUT2D eigenvalue weighted by atomic mass is 9.99. The molecule has 3 aromatic rings. The number of ether oxygens (including phenoxy) is 1. The summed E-state index contributed by atoms with van der Waals surface area (Å²) >= 11 is 0. The van der Waals surface area contributed by atoms with Gasteiger partial charge in [0.2, 0.25) is 10.0 Å². The summed E-state index contributed by atoms with van der Waals surface area (Å²) in [6, 6.07) is 12.4. The van der Waals surface area contributed by atoms with Crippen LogP contribution in [0.2, 0.25) is 0 Å². The van der Waals surface area contributed by atoms with E-state index in [1.807, 2.05) is 6.92 Å². The van der Waals surface area contributed by atoms with Crippen LogP contribution in [-0.2, 0) is 10.0 Å². The lowest BCUT2D eigenvalue weighted by Gasteiger charge is -2.38. The third-order valence-electron chi connectivity index (χ3n) is 6.62. The molecule has 1 aliphatic heterocycles. The van der Waals surface area contributed by atoms with Crippen LogP contribution in [0, 0.1) is 5.92 Å². The van der Waals surface area contributed by atoms with E-state index in [9.17, 15) is 23.1 Å². The summed E-state index contributed by atoms with van der Waals surface area (Å²) in [5.41, 5.74) is 0.472. The summed E-state index contributed by atoms with van der Waals surface area (Å²) < 4.78 is 34.1. The molecular weight excluding hydrogens is 522 g/mol. The van der Waals surface area contributed by atoms with Gasteiger partial charge in [-0.2, -0.15) is 4.31 Å². The summed E-state index contributed by atoms with van der Waals surface area (Å²) in [7, 11) is -2.35. The fraction of sp³-hybridized carbons (Fsp3) is 0.333. The van der Waals surface area contributed by atoms with Gasteiger partial charge in [-0.05, 0) is 31.2 Å². The molecule has 2 heterocycles. The third kappa shape index (κ3) is 6.08. The van der Waals surface area contributed by atoms with E-state index < -0.39 is 28.1 Å². The minimum Gasteiger partial charge on any atom is -0.486 e. The average molecular weight is 554 g/mol. The normalized spacial score (nSPS) is 18.5. The Bertz CT molecular complexity index is 1420. The predicted molar refractivity (Wildman–Crippen MR) is 144 cm³/mol. The Labute approximate surface area is 227 Å². The summed E-state index contributed by atoms with van der Waals surface area (Å²) in [6.45, 7) is 3.52. The highest BCUT2D eigenvalue weighted by atomic mass is 32.2. The highest BCUT2D eigenvalue weighted by Gasteiger charge is 2.36. The lowest BCUT2D eigenvalue weighted by Crippen LogP contribution is -2.50. The number of fused-ring (bicyclic) bond motifs is 1. The Morgan fingerprint density at radius 1 is 1.21 bits per heavy atom. The van der Waals surface area contributed by atoms with Crippen LogP contribution in [0.3, 0.4) is 0 Å². The van der Waals surface area contributed by atoms with Crippen molar-refractivity contribution in [1.29, 1.82) is 0 Å². The number of nitrogens with one attached hydrogen (secondary N) is 1. The SMILES string of the molecule is C[C@@H]1CN([C@@H](C)CO)C(=O)c2cccc(NC(=O)c3cnccn3)c2O[C@H]1CN(C)S(=O)(=O)c1ccccc1. The summed E-state index contributed by atoms with van der Waals surface area (Å²) in [5, 5.41) is 12.6. The number of anilines is 1. The number of carbonyl (C=O) groups is 2. The number of nitrogens with zero attached hydrogens (tertiary/aromatic N) is 4. The highest BCUT2D eigenvalue weighted by Crippen LogP contribution is 2.35. The summed E-state index contributed by atoms with van der Waals surface area (Å²) in [4.78, 5) is 36.1. The standard InChI is InChI=1S/C27H31N5O6S/c1-18-15-32(19(2)17-33)27(35)21-10-7-11-22(30-26(34)23-14-28-12-13-29-23)25(21)38-24(18)16-31(3)39(36,37)20-8-5-4-6-9-20/h4-14,18-19,24,33H,15-17H2,1-3H3,(H,30,34)/t18-,19+,24+/m1/s1.